The zero-order chi connectivity index (χ0) is 26.7. The minimum absolute atomic E-state index is 0.0111. The van der Waals surface area contributed by atoms with Crippen LogP contribution in [0.25, 0.3) is 0 Å². The lowest BCUT2D eigenvalue weighted by molar-refractivity contribution is -0.139. The van der Waals surface area contributed by atoms with E-state index < -0.39 is 54.8 Å². The van der Waals surface area contributed by atoms with Crippen LogP contribution < -0.4 is 16.0 Å². The van der Waals surface area contributed by atoms with Crippen LogP contribution in [0.3, 0.4) is 0 Å². The van der Waals surface area contributed by atoms with Gasteiger partial charge in [0.1, 0.15) is 25.4 Å². The molecule has 0 spiro atoms. The van der Waals surface area contributed by atoms with Gasteiger partial charge >= 0.3 is 12.1 Å². The molecule has 0 heterocycles. The number of Topliss-reactive ketones (excluding diaryl/α,β-unsaturated/α-hetero) is 1. The summed E-state index contributed by atoms with van der Waals surface area (Å²) < 4.78 is 18.0. The normalized spacial score (nSPS) is 12.2. The van der Waals surface area contributed by atoms with Crippen molar-refractivity contribution < 1.29 is 38.2 Å². The molecule has 2 aromatic carbocycles. The summed E-state index contributed by atoms with van der Waals surface area (Å²) in [5.74, 6) is -4.35. The third kappa shape index (κ3) is 8.49. The van der Waals surface area contributed by atoms with Crippen molar-refractivity contribution in [2.75, 3.05) is 12.0 Å². The molecule has 11 heteroatoms. The average Bonchev–Trinajstić information content (AvgIpc) is 2.85. The maximum absolute atomic E-state index is 13.0. The quantitative estimate of drug-likeness (QED) is 0.349. The second-order valence-corrected chi connectivity index (χ2v) is 8.19. The minimum Gasteiger partial charge on any atom is -0.481 e. The number of ether oxygens (including phenoxy) is 1. The van der Waals surface area contributed by atoms with Gasteiger partial charge in [-0.1, -0.05) is 56.3 Å². The molecule has 2 rings (SSSR count). The fourth-order valence-corrected chi connectivity index (χ4v) is 3.18. The van der Waals surface area contributed by atoms with Gasteiger partial charge in [-0.2, -0.15) is 0 Å². The summed E-state index contributed by atoms with van der Waals surface area (Å²) in [5, 5.41) is 16.2. The summed E-state index contributed by atoms with van der Waals surface area (Å²) in [6.45, 7) is 1.98. The highest BCUT2D eigenvalue weighted by Crippen LogP contribution is 2.17. The summed E-state index contributed by atoms with van der Waals surface area (Å²) >= 11 is 0. The first kappa shape index (κ1) is 28.0. The molecule has 0 aromatic heterocycles. The number of ketones is 1. The number of para-hydroxylation sites is 1. The number of carboxylic acids is 1. The number of carbonyl (C=O) groups excluding carboxylic acids is 4. The van der Waals surface area contributed by atoms with E-state index in [2.05, 4.69) is 16.0 Å². The van der Waals surface area contributed by atoms with Crippen LogP contribution in [0.15, 0.2) is 54.6 Å². The number of nitrogens with one attached hydrogen (secondary N) is 3. The lowest BCUT2D eigenvalue weighted by atomic mass is 10.0. The predicted octanol–water partition coefficient (Wildman–Crippen LogP) is 2.69. The van der Waals surface area contributed by atoms with Gasteiger partial charge in [0.15, 0.2) is 5.78 Å². The Morgan fingerprint density at radius 1 is 0.944 bits per heavy atom. The number of alkyl halides is 1. The molecular weight excluding hydrogens is 473 g/mol. The zero-order valence-corrected chi connectivity index (χ0v) is 19.8. The number of carbonyl (C=O) groups is 5. The van der Waals surface area contributed by atoms with E-state index in [1.54, 1.807) is 44.2 Å². The highest BCUT2D eigenvalue weighted by molar-refractivity contribution is 6.06. The van der Waals surface area contributed by atoms with Crippen molar-refractivity contribution in [3.05, 3.63) is 65.7 Å². The van der Waals surface area contributed by atoms with E-state index in [1.807, 2.05) is 6.07 Å². The number of amides is 3. The van der Waals surface area contributed by atoms with E-state index >= 15 is 0 Å². The number of alkyl carbamates (subject to hydrolysis) is 1. The molecule has 2 aromatic rings. The van der Waals surface area contributed by atoms with Crippen LogP contribution in [0.1, 0.15) is 36.2 Å². The van der Waals surface area contributed by atoms with Gasteiger partial charge in [-0.15, -0.1) is 0 Å². The molecule has 0 radical (unpaired) electrons. The fraction of sp³-hybridized carbons (Fsp3) is 0.320. The number of aliphatic carboxylic acids is 1. The Hall–Kier alpha value is -4.28. The maximum atomic E-state index is 13.0. The van der Waals surface area contributed by atoms with E-state index in [1.165, 1.54) is 18.2 Å². The number of benzene rings is 2. The smallest absolute Gasteiger partial charge is 0.408 e. The van der Waals surface area contributed by atoms with Gasteiger partial charge in [0, 0.05) is 0 Å². The fourth-order valence-electron chi connectivity index (χ4n) is 3.18. The number of halogens is 1. The number of anilines is 1. The van der Waals surface area contributed by atoms with E-state index in [9.17, 15) is 28.4 Å². The molecular formula is C25H28FN3O7. The van der Waals surface area contributed by atoms with Crippen LogP contribution in [0.2, 0.25) is 0 Å². The predicted molar refractivity (Wildman–Crippen MR) is 128 cm³/mol. The van der Waals surface area contributed by atoms with E-state index in [0.29, 0.717) is 0 Å². The lowest BCUT2D eigenvalue weighted by Gasteiger charge is -2.22. The molecule has 192 valence electrons. The van der Waals surface area contributed by atoms with Crippen molar-refractivity contribution in [2.45, 2.75) is 39.0 Å². The molecule has 2 unspecified atom stereocenters. The standard InChI is InChI=1S/C25H28FN3O7/c1-15(2)22(29-25(35)36-14-16-8-4-3-5-9-16)24(34)27-18-11-7-6-10-17(18)23(33)28-19(12-21(31)32)20(30)13-26/h3-11,15,19,22H,12-14H2,1-2H3,(H,27,34)(H,28,33)(H,29,35)(H,31,32). The molecule has 36 heavy (non-hydrogen) atoms. The van der Waals surface area contributed by atoms with E-state index in [0.717, 1.165) is 5.56 Å². The second-order valence-electron chi connectivity index (χ2n) is 8.19. The van der Waals surface area contributed by atoms with Gasteiger partial charge in [0.2, 0.25) is 5.91 Å². The minimum atomic E-state index is -1.58. The zero-order valence-electron chi connectivity index (χ0n) is 19.8. The van der Waals surface area contributed by atoms with Gasteiger partial charge in [-0.05, 0) is 23.6 Å². The summed E-state index contributed by atoms with van der Waals surface area (Å²) in [6.07, 6.45) is -1.60. The average molecular weight is 502 g/mol. The topological polar surface area (TPSA) is 151 Å². The molecule has 0 bridgehead atoms. The molecule has 0 aliphatic carbocycles. The first-order valence-electron chi connectivity index (χ1n) is 11.1. The third-order valence-electron chi connectivity index (χ3n) is 5.07. The van der Waals surface area contributed by atoms with Gasteiger partial charge in [0.05, 0.1) is 17.7 Å². The van der Waals surface area contributed by atoms with Crippen LogP contribution in [0.5, 0.6) is 0 Å². The number of carboxylic acid groups (broad SMARTS) is 1. The van der Waals surface area contributed by atoms with Gasteiger partial charge in [-0.25, -0.2) is 9.18 Å². The highest BCUT2D eigenvalue weighted by Gasteiger charge is 2.28. The van der Waals surface area contributed by atoms with Gasteiger partial charge in [-0.3, -0.25) is 19.2 Å². The summed E-state index contributed by atoms with van der Waals surface area (Å²) in [4.78, 5) is 60.7. The van der Waals surface area contributed by atoms with Crippen LogP contribution in [0.4, 0.5) is 14.9 Å². The molecule has 4 N–H and O–H groups in total. The SMILES string of the molecule is CC(C)C(NC(=O)OCc1ccccc1)C(=O)Nc1ccccc1C(=O)NC(CC(=O)O)C(=O)CF. The van der Waals surface area contributed by atoms with Gasteiger partial charge in [0.25, 0.3) is 5.91 Å². The summed E-state index contributed by atoms with van der Waals surface area (Å²) in [5.41, 5.74) is 0.736. The van der Waals surface area contributed by atoms with Crippen molar-refractivity contribution in [2.24, 2.45) is 5.92 Å². The molecule has 2 atom stereocenters. The van der Waals surface area contributed by atoms with Crippen LogP contribution in [-0.4, -0.2) is 53.5 Å². The van der Waals surface area contributed by atoms with Crippen LogP contribution in [-0.2, 0) is 25.7 Å². The van der Waals surface area contributed by atoms with Crippen molar-refractivity contribution in [3.63, 3.8) is 0 Å². The largest absolute Gasteiger partial charge is 0.481 e. The van der Waals surface area contributed by atoms with E-state index in [4.69, 9.17) is 9.84 Å². The Morgan fingerprint density at radius 3 is 2.19 bits per heavy atom. The molecule has 0 fully saturated rings. The Labute approximate surface area is 207 Å². The van der Waals surface area contributed by atoms with Crippen molar-refractivity contribution >= 4 is 35.3 Å². The Balaban J connectivity index is 2.10. The Morgan fingerprint density at radius 2 is 1.58 bits per heavy atom. The van der Waals surface area contributed by atoms with E-state index in [-0.39, 0.29) is 23.8 Å². The lowest BCUT2D eigenvalue weighted by Crippen LogP contribution is -2.47. The first-order valence-corrected chi connectivity index (χ1v) is 11.1. The summed E-state index contributed by atoms with van der Waals surface area (Å²) in [6, 6.07) is 12.2. The molecule has 0 saturated heterocycles. The third-order valence-corrected chi connectivity index (χ3v) is 5.07. The summed E-state index contributed by atoms with van der Waals surface area (Å²) in [7, 11) is 0. The van der Waals surface area contributed by atoms with Crippen molar-refractivity contribution in [3.8, 4) is 0 Å². The Bertz CT molecular complexity index is 1090. The molecule has 10 nitrogen and oxygen atoms in total. The number of hydrogen-bond donors (Lipinski definition) is 4. The maximum Gasteiger partial charge on any atom is 0.408 e. The highest BCUT2D eigenvalue weighted by atomic mass is 19.1. The van der Waals surface area contributed by atoms with Gasteiger partial charge < -0.3 is 25.8 Å². The molecule has 0 saturated carbocycles. The Kier molecular flexibility index (Phi) is 10.5. The second kappa shape index (κ2) is 13.6. The van der Waals surface area contributed by atoms with Crippen molar-refractivity contribution in [1.29, 1.82) is 0 Å². The molecule has 0 aliphatic heterocycles. The van der Waals surface area contributed by atoms with Crippen molar-refractivity contribution in [1.82, 2.24) is 10.6 Å². The van der Waals surface area contributed by atoms with Crippen LogP contribution >= 0.6 is 0 Å². The monoisotopic (exact) mass is 501 g/mol. The van der Waals surface area contributed by atoms with Crippen LogP contribution in [0, 0.1) is 5.92 Å². The number of rotatable bonds is 12. The molecule has 3 amide bonds. The number of hydrogen-bond acceptors (Lipinski definition) is 6. The first-order chi connectivity index (χ1) is 17.1. The molecule has 0 aliphatic rings.